The number of hydrogen-bond acceptors (Lipinski definition) is 7. The summed E-state index contributed by atoms with van der Waals surface area (Å²) in [4.78, 5) is 8.91. The van der Waals surface area contributed by atoms with Gasteiger partial charge in [-0.15, -0.1) is 10.2 Å². The van der Waals surface area contributed by atoms with Crippen molar-refractivity contribution in [3.05, 3.63) is 84.8 Å². The number of aromatic nitrogens is 9. The van der Waals surface area contributed by atoms with Gasteiger partial charge in [0, 0.05) is 36.9 Å². The van der Waals surface area contributed by atoms with E-state index in [9.17, 15) is 4.39 Å². The maximum Gasteiger partial charge on any atom is 0.227 e. The standard InChI is InChI=1S/C24H19FN10/c1-15-11-21(32-35(15)19-5-3-17(25)4-6-19)23-31-30-22-12-16(8-10-34(22)23)20-7-9-26-24(29-20)28-18-13-27-33(2)14-18/h3-14H,1-2H3,(H,26,28,29). The van der Waals surface area contributed by atoms with E-state index in [-0.39, 0.29) is 5.82 Å². The molecule has 11 heteroatoms. The molecule has 1 N–H and O–H groups in total. The summed E-state index contributed by atoms with van der Waals surface area (Å²) >= 11 is 0. The van der Waals surface area contributed by atoms with E-state index >= 15 is 0 Å². The van der Waals surface area contributed by atoms with E-state index in [4.69, 9.17) is 0 Å². The number of fused-ring (bicyclic) bond motifs is 1. The quantitative estimate of drug-likeness (QED) is 0.410. The van der Waals surface area contributed by atoms with Gasteiger partial charge in [-0.2, -0.15) is 10.2 Å². The van der Waals surface area contributed by atoms with Crippen molar-refractivity contribution in [1.82, 2.24) is 44.1 Å². The number of hydrogen-bond donors (Lipinski definition) is 1. The van der Waals surface area contributed by atoms with Crippen LogP contribution in [0.5, 0.6) is 0 Å². The average Bonchev–Trinajstić information content (AvgIpc) is 3.57. The molecule has 5 heterocycles. The van der Waals surface area contributed by atoms with Crippen LogP contribution in [0.1, 0.15) is 5.69 Å². The van der Waals surface area contributed by atoms with Gasteiger partial charge in [-0.05, 0) is 55.5 Å². The number of benzene rings is 1. The van der Waals surface area contributed by atoms with E-state index in [0.29, 0.717) is 23.1 Å². The van der Waals surface area contributed by atoms with Crippen LogP contribution in [-0.4, -0.2) is 44.1 Å². The lowest BCUT2D eigenvalue weighted by Crippen LogP contribution is -1.99. The molecule has 0 saturated carbocycles. The van der Waals surface area contributed by atoms with Crippen molar-refractivity contribution >= 4 is 17.3 Å². The van der Waals surface area contributed by atoms with Gasteiger partial charge in [-0.3, -0.25) is 9.08 Å². The second kappa shape index (κ2) is 8.13. The first-order chi connectivity index (χ1) is 17.0. The summed E-state index contributed by atoms with van der Waals surface area (Å²) in [5.41, 5.74) is 5.41. The smallest absolute Gasteiger partial charge is 0.227 e. The zero-order valence-electron chi connectivity index (χ0n) is 18.8. The van der Waals surface area contributed by atoms with Gasteiger partial charge in [0.2, 0.25) is 5.95 Å². The van der Waals surface area contributed by atoms with Gasteiger partial charge in [0.15, 0.2) is 11.5 Å². The normalized spacial score (nSPS) is 11.3. The lowest BCUT2D eigenvalue weighted by molar-refractivity contribution is 0.627. The van der Waals surface area contributed by atoms with Crippen LogP contribution in [0.2, 0.25) is 0 Å². The fourth-order valence-electron chi connectivity index (χ4n) is 3.85. The van der Waals surface area contributed by atoms with Crippen molar-refractivity contribution in [2.24, 2.45) is 7.05 Å². The van der Waals surface area contributed by atoms with Gasteiger partial charge in [-0.25, -0.2) is 19.0 Å². The van der Waals surface area contributed by atoms with Crippen molar-refractivity contribution in [3.63, 3.8) is 0 Å². The third kappa shape index (κ3) is 3.88. The van der Waals surface area contributed by atoms with Gasteiger partial charge in [0.1, 0.15) is 11.5 Å². The Hall–Kier alpha value is -4.93. The monoisotopic (exact) mass is 466 g/mol. The molecule has 0 aliphatic heterocycles. The molecule has 0 spiro atoms. The Morgan fingerprint density at radius 2 is 1.83 bits per heavy atom. The third-order valence-corrected chi connectivity index (χ3v) is 5.51. The highest BCUT2D eigenvalue weighted by molar-refractivity contribution is 5.67. The molecule has 6 rings (SSSR count). The fourth-order valence-corrected chi connectivity index (χ4v) is 3.85. The largest absolute Gasteiger partial charge is 0.321 e. The predicted molar refractivity (Wildman–Crippen MR) is 128 cm³/mol. The molecule has 1 aromatic carbocycles. The van der Waals surface area contributed by atoms with Gasteiger partial charge in [0.25, 0.3) is 0 Å². The average molecular weight is 466 g/mol. The van der Waals surface area contributed by atoms with Crippen molar-refractivity contribution in [1.29, 1.82) is 0 Å². The van der Waals surface area contributed by atoms with E-state index in [2.05, 4.69) is 35.7 Å². The van der Waals surface area contributed by atoms with Crippen LogP contribution in [0, 0.1) is 12.7 Å². The summed E-state index contributed by atoms with van der Waals surface area (Å²) in [5.74, 6) is 0.790. The van der Waals surface area contributed by atoms with Gasteiger partial charge in [0.05, 0.1) is 23.3 Å². The van der Waals surface area contributed by atoms with Crippen molar-refractivity contribution in [3.8, 4) is 28.5 Å². The summed E-state index contributed by atoms with van der Waals surface area (Å²) < 4.78 is 18.6. The predicted octanol–water partition coefficient (Wildman–Crippen LogP) is 3.96. The maximum atomic E-state index is 13.3. The fraction of sp³-hybridized carbons (Fsp3) is 0.0833. The molecule has 10 nitrogen and oxygen atoms in total. The summed E-state index contributed by atoms with van der Waals surface area (Å²) in [7, 11) is 1.85. The molecule has 172 valence electrons. The highest BCUT2D eigenvalue weighted by atomic mass is 19.1. The van der Waals surface area contributed by atoms with Crippen LogP contribution in [0.15, 0.2) is 73.3 Å². The number of nitrogens with one attached hydrogen (secondary N) is 1. The molecule has 0 fully saturated rings. The van der Waals surface area contributed by atoms with E-state index < -0.39 is 0 Å². The molecule has 6 aromatic rings. The minimum Gasteiger partial charge on any atom is -0.321 e. The van der Waals surface area contributed by atoms with E-state index in [1.54, 1.807) is 33.9 Å². The van der Waals surface area contributed by atoms with Gasteiger partial charge >= 0.3 is 0 Å². The zero-order chi connectivity index (χ0) is 23.9. The number of anilines is 2. The molecular weight excluding hydrogens is 447 g/mol. The Labute approximate surface area is 198 Å². The molecule has 0 radical (unpaired) electrons. The van der Waals surface area contributed by atoms with Crippen LogP contribution in [-0.2, 0) is 7.05 Å². The summed E-state index contributed by atoms with van der Waals surface area (Å²) in [5, 5.41) is 20.7. The number of nitrogens with zero attached hydrogens (tertiary/aromatic N) is 9. The molecule has 0 amide bonds. The van der Waals surface area contributed by atoms with E-state index in [0.717, 1.165) is 28.3 Å². The lowest BCUT2D eigenvalue weighted by Gasteiger charge is -2.05. The SMILES string of the molecule is Cc1cc(-c2nnc3cc(-c4ccnc(Nc5cnn(C)c5)n4)ccn23)nn1-c1ccc(F)cc1. The molecule has 0 saturated heterocycles. The Balaban J connectivity index is 1.32. The van der Waals surface area contributed by atoms with Crippen LogP contribution >= 0.6 is 0 Å². The summed E-state index contributed by atoms with van der Waals surface area (Å²) in [6, 6.07) is 13.8. The van der Waals surface area contributed by atoms with Crippen LogP contribution < -0.4 is 5.32 Å². The minimum atomic E-state index is -0.290. The number of rotatable bonds is 5. The molecule has 5 aromatic heterocycles. The zero-order valence-corrected chi connectivity index (χ0v) is 18.8. The first-order valence-corrected chi connectivity index (χ1v) is 10.8. The topological polar surface area (TPSA) is 104 Å². The lowest BCUT2D eigenvalue weighted by atomic mass is 10.2. The third-order valence-electron chi connectivity index (χ3n) is 5.51. The highest BCUT2D eigenvalue weighted by Crippen LogP contribution is 2.24. The molecule has 0 aliphatic carbocycles. The number of aryl methyl sites for hydroxylation is 2. The highest BCUT2D eigenvalue weighted by Gasteiger charge is 2.15. The van der Waals surface area contributed by atoms with Crippen molar-refractivity contribution < 1.29 is 4.39 Å². The summed E-state index contributed by atoms with van der Waals surface area (Å²) in [6.45, 7) is 1.94. The minimum absolute atomic E-state index is 0.290. The molecule has 0 aliphatic rings. The Kier molecular flexibility index (Phi) is 4.80. The Morgan fingerprint density at radius 3 is 2.63 bits per heavy atom. The van der Waals surface area contributed by atoms with E-state index in [1.165, 1.54) is 12.1 Å². The second-order valence-corrected chi connectivity index (χ2v) is 8.02. The number of pyridine rings is 1. The van der Waals surface area contributed by atoms with Crippen LogP contribution in [0.3, 0.4) is 0 Å². The van der Waals surface area contributed by atoms with Crippen molar-refractivity contribution in [2.45, 2.75) is 6.92 Å². The first-order valence-electron chi connectivity index (χ1n) is 10.8. The Morgan fingerprint density at radius 1 is 0.971 bits per heavy atom. The maximum absolute atomic E-state index is 13.3. The molecule has 35 heavy (non-hydrogen) atoms. The molecule has 0 bridgehead atoms. The second-order valence-electron chi connectivity index (χ2n) is 8.02. The molecule has 0 unspecified atom stereocenters. The van der Waals surface area contributed by atoms with Crippen molar-refractivity contribution in [2.75, 3.05) is 5.32 Å². The molecular formula is C24H19FN10. The van der Waals surface area contributed by atoms with Gasteiger partial charge < -0.3 is 5.32 Å². The van der Waals surface area contributed by atoms with E-state index in [1.807, 2.05) is 55.0 Å². The Bertz CT molecular complexity index is 1660. The van der Waals surface area contributed by atoms with Crippen LogP contribution in [0.25, 0.3) is 34.1 Å². The number of halogens is 1. The first kappa shape index (κ1) is 20.7. The summed E-state index contributed by atoms with van der Waals surface area (Å²) in [6.07, 6.45) is 7.14. The van der Waals surface area contributed by atoms with Gasteiger partial charge in [-0.1, -0.05) is 0 Å². The molecule has 0 atom stereocenters. The van der Waals surface area contributed by atoms with Crippen LogP contribution in [0.4, 0.5) is 16.0 Å².